The van der Waals surface area contributed by atoms with Crippen molar-refractivity contribution in [3.05, 3.63) is 71.9 Å². The number of hydrogen-bond donors (Lipinski definition) is 1. The fourth-order valence-corrected chi connectivity index (χ4v) is 3.88. The van der Waals surface area contributed by atoms with Crippen molar-refractivity contribution in [3.63, 3.8) is 0 Å². The van der Waals surface area contributed by atoms with Gasteiger partial charge in [0.05, 0.1) is 24.5 Å². The molecule has 0 aliphatic rings. The molecule has 0 fully saturated rings. The molecule has 0 saturated carbocycles. The van der Waals surface area contributed by atoms with Crippen LogP contribution in [0.15, 0.2) is 64.6 Å². The van der Waals surface area contributed by atoms with Crippen LogP contribution in [0, 0.1) is 0 Å². The van der Waals surface area contributed by atoms with E-state index in [2.05, 4.69) is 35.5 Å². The lowest BCUT2D eigenvalue weighted by Gasteiger charge is -2.13. The Morgan fingerprint density at radius 1 is 1.08 bits per heavy atom. The third-order valence-electron chi connectivity index (χ3n) is 3.91. The second kappa shape index (κ2) is 8.32. The van der Waals surface area contributed by atoms with Crippen LogP contribution in [-0.2, 0) is 13.0 Å². The molecular formula is C20H23N3OS. The smallest absolute Gasteiger partial charge is 0.112 e. The van der Waals surface area contributed by atoms with Crippen molar-refractivity contribution < 1.29 is 5.11 Å². The van der Waals surface area contributed by atoms with Gasteiger partial charge in [0.15, 0.2) is 0 Å². The maximum Gasteiger partial charge on any atom is 0.112 e. The van der Waals surface area contributed by atoms with Crippen molar-refractivity contribution >= 4 is 11.8 Å². The Morgan fingerprint density at radius 2 is 1.84 bits per heavy atom. The third kappa shape index (κ3) is 4.30. The molecule has 4 nitrogen and oxygen atoms in total. The molecule has 0 atom stereocenters. The zero-order valence-corrected chi connectivity index (χ0v) is 15.4. The number of benzene rings is 1. The molecule has 0 aliphatic carbocycles. The normalized spacial score (nSPS) is 11.2. The predicted octanol–water partition coefficient (Wildman–Crippen LogP) is 4.14. The van der Waals surface area contributed by atoms with Gasteiger partial charge in [-0.05, 0) is 30.2 Å². The van der Waals surface area contributed by atoms with Gasteiger partial charge in [0.2, 0.25) is 0 Å². The van der Waals surface area contributed by atoms with Crippen LogP contribution >= 0.6 is 11.8 Å². The topological polar surface area (TPSA) is 50.9 Å². The van der Waals surface area contributed by atoms with Crippen molar-refractivity contribution in [3.8, 4) is 0 Å². The van der Waals surface area contributed by atoms with Gasteiger partial charge in [-0.15, -0.1) is 0 Å². The molecule has 3 aromatic rings. The van der Waals surface area contributed by atoms with Gasteiger partial charge in [-0.1, -0.05) is 49.9 Å². The maximum atomic E-state index is 9.46. The Bertz CT molecular complexity index is 801. The molecule has 25 heavy (non-hydrogen) atoms. The summed E-state index contributed by atoms with van der Waals surface area (Å²) in [5.41, 5.74) is 2.07. The van der Waals surface area contributed by atoms with E-state index in [0.717, 1.165) is 22.2 Å². The second-order valence-electron chi connectivity index (χ2n) is 6.17. The first-order valence-corrected chi connectivity index (χ1v) is 9.33. The lowest BCUT2D eigenvalue weighted by molar-refractivity contribution is 0.294. The Balaban J connectivity index is 2.05. The Labute approximate surface area is 153 Å². The zero-order valence-electron chi connectivity index (χ0n) is 14.6. The van der Waals surface area contributed by atoms with Crippen molar-refractivity contribution in [1.82, 2.24) is 14.5 Å². The first-order valence-electron chi connectivity index (χ1n) is 8.52. The number of rotatable bonds is 7. The lowest BCUT2D eigenvalue weighted by atomic mass is 10.1. The van der Waals surface area contributed by atoms with Crippen LogP contribution in [-0.4, -0.2) is 26.2 Å². The van der Waals surface area contributed by atoms with Crippen LogP contribution in [0.5, 0.6) is 0 Å². The summed E-state index contributed by atoms with van der Waals surface area (Å²) in [4.78, 5) is 10.5. The molecule has 3 rings (SSSR count). The molecule has 130 valence electrons. The van der Waals surface area contributed by atoms with E-state index in [0.29, 0.717) is 18.9 Å². The molecule has 1 N–H and O–H groups in total. The van der Waals surface area contributed by atoms with Gasteiger partial charge < -0.3 is 9.67 Å². The lowest BCUT2D eigenvalue weighted by Crippen LogP contribution is -2.09. The van der Waals surface area contributed by atoms with Crippen LogP contribution in [0.25, 0.3) is 0 Å². The number of pyridine rings is 1. The summed E-state index contributed by atoms with van der Waals surface area (Å²) in [7, 11) is 0. The van der Waals surface area contributed by atoms with E-state index in [1.807, 2.05) is 42.6 Å². The zero-order chi connectivity index (χ0) is 17.6. The van der Waals surface area contributed by atoms with Crippen LogP contribution < -0.4 is 0 Å². The Hall–Kier alpha value is -2.11. The molecule has 0 unspecified atom stereocenters. The van der Waals surface area contributed by atoms with Gasteiger partial charge >= 0.3 is 0 Å². The minimum absolute atomic E-state index is 0.0895. The van der Waals surface area contributed by atoms with Gasteiger partial charge in [-0.3, -0.25) is 4.98 Å². The van der Waals surface area contributed by atoms with E-state index in [9.17, 15) is 5.11 Å². The quantitative estimate of drug-likeness (QED) is 0.694. The summed E-state index contributed by atoms with van der Waals surface area (Å²) in [5.74, 6) is 1.23. The van der Waals surface area contributed by atoms with Crippen LogP contribution in [0.2, 0.25) is 0 Å². The first kappa shape index (κ1) is 17.7. The summed E-state index contributed by atoms with van der Waals surface area (Å²) in [5, 5.41) is 10.6. The monoisotopic (exact) mass is 353 g/mol. The van der Waals surface area contributed by atoms with Gasteiger partial charge in [0.25, 0.3) is 0 Å². The van der Waals surface area contributed by atoms with Crippen LogP contribution in [0.1, 0.15) is 37.0 Å². The van der Waals surface area contributed by atoms with Crippen molar-refractivity contribution in [2.45, 2.75) is 42.7 Å². The van der Waals surface area contributed by atoms with Gasteiger partial charge in [0.1, 0.15) is 10.9 Å². The van der Waals surface area contributed by atoms with E-state index < -0.39 is 0 Å². The van der Waals surface area contributed by atoms with Crippen molar-refractivity contribution in [2.24, 2.45) is 0 Å². The molecule has 0 amide bonds. The van der Waals surface area contributed by atoms with E-state index >= 15 is 0 Å². The van der Waals surface area contributed by atoms with Crippen molar-refractivity contribution in [1.29, 1.82) is 0 Å². The average molecular weight is 353 g/mol. The maximum absolute atomic E-state index is 9.46. The molecule has 1 aromatic carbocycles. The van der Waals surface area contributed by atoms with Gasteiger partial charge in [0, 0.05) is 17.5 Å². The van der Waals surface area contributed by atoms with E-state index in [1.54, 1.807) is 11.8 Å². The minimum Gasteiger partial charge on any atom is -0.396 e. The van der Waals surface area contributed by atoms with Crippen LogP contribution in [0.3, 0.4) is 0 Å². The third-order valence-corrected chi connectivity index (χ3v) is 5.04. The second-order valence-corrected chi connectivity index (χ2v) is 7.23. The number of aliphatic hydroxyl groups excluding tert-OH is 1. The molecule has 0 bridgehead atoms. The highest BCUT2D eigenvalue weighted by Crippen LogP contribution is 2.35. The molecule has 0 spiro atoms. The average Bonchev–Trinajstić information content (AvgIpc) is 2.95. The summed E-state index contributed by atoms with van der Waals surface area (Å²) in [6.45, 7) is 5.06. The van der Waals surface area contributed by atoms with E-state index in [4.69, 9.17) is 4.98 Å². The molecule has 2 heterocycles. The molecule has 2 aromatic heterocycles. The fraction of sp³-hybridized carbons (Fsp3) is 0.300. The van der Waals surface area contributed by atoms with E-state index in [1.165, 1.54) is 4.90 Å². The molecule has 0 aliphatic heterocycles. The number of imidazole rings is 1. The summed E-state index contributed by atoms with van der Waals surface area (Å²) < 4.78 is 2.20. The summed E-state index contributed by atoms with van der Waals surface area (Å²) in [6, 6.07) is 16.3. The molecule has 0 radical (unpaired) electrons. The van der Waals surface area contributed by atoms with Gasteiger partial charge in [-0.25, -0.2) is 4.98 Å². The number of aromatic nitrogens is 3. The predicted molar refractivity (Wildman–Crippen MR) is 101 cm³/mol. The number of hydrogen-bond acceptors (Lipinski definition) is 4. The SMILES string of the molecule is CC(C)c1nc(CCO)n(Cc2ccccn2)c1Sc1ccccc1. The first-order chi connectivity index (χ1) is 12.2. The highest BCUT2D eigenvalue weighted by molar-refractivity contribution is 7.99. The van der Waals surface area contributed by atoms with Gasteiger partial charge in [-0.2, -0.15) is 0 Å². The molecule has 0 saturated heterocycles. The largest absolute Gasteiger partial charge is 0.396 e. The summed E-state index contributed by atoms with van der Waals surface area (Å²) >= 11 is 1.73. The highest BCUT2D eigenvalue weighted by Gasteiger charge is 2.20. The Morgan fingerprint density at radius 3 is 2.48 bits per heavy atom. The number of aliphatic hydroxyl groups is 1. The minimum atomic E-state index is 0.0895. The van der Waals surface area contributed by atoms with Crippen LogP contribution in [0.4, 0.5) is 0 Å². The highest BCUT2D eigenvalue weighted by atomic mass is 32.2. The number of nitrogens with zero attached hydrogens (tertiary/aromatic N) is 3. The molecular weight excluding hydrogens is 330 g/mol. The standard InChI is InChI=1S/C20H23N3OS/c1-15(2)19-20(25-17-9-4-3-5-10-17)23(18(22-19)11-13-24)14-16-8-6-7-12-21-16/h3-10,12,15,24H,11,13-14H2,1-2H3. The van der Waals surface area contributed by atoms with E-state index in [-0.39, 0.29) is 6.61 Å². The Kier molecular flexibility index (Phi) is 5.89. The fourth-order valence-electron chi connectivity index (χ4n) is 2.69. The summed E-state index contributed by atoms with van der Waals surface area (Å²) in [6.07, 6.45) is 2.35. The van der Waals surface area contributed by atoms with Crippen molar-refractivity contribution in [2.75, 3.05) is 6.61 Å². The molecule has 5 heteroatoms.